The van der Waals surface area contributed by atoms with Gasteiger partial charge >= 0.3 is 6.03 Å². The van der Waals surface area contributed by atoms with Crippen molar-refractivity contribution in [1.82, 2.24) is 5.32 Å². The summed E-state index contributed by atoms with van der Waals surface area (Å²) < 4.78 is 0. The van der Waals surface area contributed by atoms with Crippen molar-refractivity contribution >= 4 is 17.4 Å². The predicted molar refractivity (Wildman–Crippen MR) is 101 cm³/mol. The minimum Gasteiger partial charge on any atom is -0.384 e. The van der Waals surface area contributed by atoms with Gasteiger partial charge in [-0.2, -0.15) is 0 Å². The van der Waals surface area contributed by atoms with E-state index in [1.807, 2.05) is 54.6 Å². The van der Waals surface area contributed by atoms with Gasteiger partial charge in [-0.3, -0.25) is 0 Å². The third kappa shape index (κ3) is 4.31. The van der Waals surface area contributed by atoms with Crippen LogP contribution in [-0.2, 0) is 5.60 Å². The van der Waals surface area contributed by atoms with Crippen LogP contribution in [0.3, 0.4) is 0 Å². The molecule has 1 atom stereocenters. The number of hydrogen-bond acceptors (Lipinski definition) is 3. The largest absolute Gasteiger partial charge is 0.384 e. The molecule has 2 aromatic rings. The Kier molecular flexibility index (Phi) is 5.24. The fourth-order valence-corrected chi connectivity index (χ4v) is 3.13. The topological polar surface area (TPSA) is 64.6 Å². The van der Waals surface area contributed by atoms with E-state index in [1.165, 1.54) is 12.8 Å². The van der Waals surface area contributed by atoms with Crippen molar-refractivity contribution in [3.8, 4) is 0 Å². The minimum atomic E-state index is -1.12. The predicted octanol–water partition coefficient (Wildman–Crippen LogP) is 3.32. The summed E-state index contributed by atoms with van der Waals surface area (Å²) in [6.45, 7) is 3.86. The van der Waals surface area contributed by atoms with Crippen LogP contribution in [0.5, 0.6) is 0 Å². The summed E-state index contributed by atoms with van der Waals surface area (Å²) >= 11 is 0. The average Bonchev–Trinajstić information content (AvgIpc) is 3.16. The van der Waals surface area contributed by atoms with Crippen LogP contribution in [-0.4, -0.2) is 30.8 Å². The normalized spacial score (nSPS) is 16.3. The molecule has 132 valence electrons. The number of amides is 2. The van der Waals surface area contributed by atoms with Gasteiger partial charge in [0.25, 0.3) is 0 Å². The van der Waals surface area contributed by atoms with Crippen LogP contribution in [0.4, 0.5) is 16.2 Å². The van der Waals surface area contributed by atoms with Gasteiger partial charge in [0.2, 0.25) is 0 Å². The van der Waals surface area contributed by atoms with Gasteiger partial charge in [0.1, 0.15) is 5.60 Å². The quantitative estimate of drug-likeness (QED) is 0.783. The van der Waals surface area contributed by atoms with E-state index in [-0.39, 0.29) is 12.6 Å². The molecule has 0 aliphatic carbocycles. The van der Waals surface area contributed by atoms with Gasteiger partial charge in [0.15, 0.2) is 0 Å². The van der Waals surface area contributed by atoms with Crippen molar-refractivity contribution in [2.45, 2.75) is 25.4 Å². The van der Waals surface area contributed by atoms with E-state index < -0.39 is 5.60 Å². The highest BCUT2D eigenvalue weighted by molar-refractivity contribution is 5.93. The Balaban J connectivity index is 1.62. The summed E-state index contributed by atoms with van der Waals surface area (Å²) in [6, 6.07) is 16.9. The third-order valence-electron chi connectivity index (χ3n) is 4.59. The molecule has 0 saturated carbocycles. The molecule has 1 unspecified atom stereocenters. The van der Waals surface area contributed by atoms with Gasteiger partial charge in [-0.25, -0.2) is 4.79 Å². The molecule has 3 N–H and O–H groups in total. The molecule has 25 heavy (non-hydrogen) atoms. The lowest BCUT2D eigenvalue weighted by atomic mass is 9.96. The second-order valence-corrected chi connectivity index (χ2v) is 6.66. The van der Waals surface area contributed by atoms with Crippen LogP contribution in [0.2, 0.25) is 0 Å². The SMILES string of the molecule is CC(O)(CNC(=O)Nc1ccccc1N1CCCC1)c1ccccc1. The lowest BCUT2D eigenvalue weighted by Gasteiger charge is -2.25. The molecule has 0 radical (unpaired) electrons. The molecule has 1 fully saturated rings. The van der Waals surface area contributed by atoms with Crippen LogP contribution in [0.15, 0.2) is 54.6 Å². The molecule has 1 saturated heterocycles. The number of nitrogens with zero attached hydrogens (tertiary/aromatic N) is 1. The highest BCUT2D eigenvalue weighted by atomic mass is 16.3. The maximum atomic E-state index is 12.3. The molecule has 2 amide bonds. The summed E-state index contributed by atoms with van der Waals surface area (Å²) in [5.41, 5.74) is 1.49. The molecule has 1 aliphatic rings. The van der Waals surface area contributed by atoms with Crippen molar-refractivity contribution in [2.24, 2.45) is 0 Å². The number of carbonyl (C=O) groups is 1. The standard InChI is InChI=1S/C20H25N3O2/c1-20(25,16-9-3-2-4-10-16)15-21-19(24)22-17-11-5-6-12-18(17)23-13-7-8-14-23/h2-6,9-12,25H,7-8,13-15H2,1H3,(H2,21,22,24). The van der Waals surface area contributed by atoms with Crippen LogP contribution in [0.25, 0.3) is 0 Å². The fraction of sp³-hybridized carbons (Fsp3) is 0.350. The second-order valence-electron chi connectivity index (χ2n) is 6.66. The van der Waals surface area contributed by atoms with Gasteiger partial charge in [-0.15, -0.1) is 0 Å². The molecule has 0 bridgehead atoms. The van der Waals surface area contributed by atoms with Gasteiger partial charge < -0.3 is 20.6 Å². The molecule has 0 aromatic heterocycles. The zero-order chi connectivity index (χ0) is 17.7. The number of anilines is 2. The molecule has 5 heteroatoms. The smallest absolute Gasteiger partial charge is 0.319 e. The summed E-state index contributed by atoms with van der Waals surface area (Å²) in [7, 11) is 0. The molecular weight excluding hydrogens is 314 g/mol. The number of urea groups is 1. The Morgan fingerprint density at radius 1 is 1.08 bits per heavy atom. The maximum Gasteiger partial charge on any atom is 0.319 e. The molecule has 0 spiro atoms. The highest BCUT2D eigenvalue weighted by Crippen LogP contribution is 2.28. The zero-order valence-corrected chi connectivity index (χ0v) is 14.5. The number of hydrogen-bond donors (Lipinski definition) is 3. The van der Waals surface area contributed by atoms with E-state index in [0.29, 0.717) is 0 Å². The Morgan fingerprint density at radius 2 is 1.72 bits per heavy atom. The third-order valence-corrected chi connectivity index (χ3v) is 4.59. The number of nitrogens with one attached hydrogen (secondary N) is 2. The van der Waals surface area contributed by atoms with Gasteiger partial charge in [-0.1, -0.05) is 42.5 Å². The minimum absolute atomic E-state index is 0.134. The fourth-order valence-electron chi connectivity index (χ4n) is 3.13. The van der Waals surface area contributed by atoms with E-state index in [9.17, 15) is 9.90 Å². The molecule has 2 aromatic carbocycles. The van der Waals surface area contributed by atoms with Crippen molar-refractivity contribution in [2.75, 3.05) is 29.9 Å². The van der Waals surface area contributed by atoms with E-state index in [1.54, 1.807) is 6.92 Å². The average molecular weight is 339 g/mol. The van der Waals surface area contributed by atoms with Gasteiger partial charge in [0.05, 0.1) is 17.9 Å². The van der Waals surface area contributed by atoms with E-state index in [4.69, 9.17) is 0 Å². The van der Waals surface area contributed by atoms with Crippen molar-refractivity contribution in [1.29, 1.82) is 0 Å². The Hall–Kier alpha value is -2.53. The summed E-state index contributed by atoms with van der Waals surface area (Å²) in [4.78, 5) is 14.6. The van der Waals surface area contributed by atoms with Gasteiger partial charge in [0, 0.05) is 13.1 Å². The van der Waals surface area contributed by atoms with Crippen LogP contribution < -0.4 is 15.5 Å². The first-order valence-electron chi connectivity index (χ1n) is 8.73. The number of aliphatic hydroxyl groups is 1. The van der Waals surface area contributed by atoms with E-state index >= 15 is 0 Å². The summed E-state index contributed by atoms with van der Waals surface area (Å²) in [5, 5.41) is 16.3. The number of rotatable bonds is 5. The molecule has 1 aliphatic heterocycles. The number of para-hydroxylation sites is 2. The molecule has 1 heterocycles. The molecule has 5 nitrogen and oxygen atoms in total. The first kappa shape index (κ1) is 17.3. The number of benzene rings is 2. The second kappa shape index (κ2) is 7.57. The van der Waals surface area contributed by atoms with E-state index in [0.717, 1.165) is 30.0 Å². The Bertz CT molecular complexity index is 710. The maximum absolute atomic E-state index is 12.3. The Labute approximate surface area is 148 Å². The lowest BCUT2D eigenvalue weighted by Crippen LogP contribution is -2.40. The van der Waals surface area contributed by atoms with Crippen LogP contribution in [0.1, 0.15) is 25.3 Å². The zero-order valence-electron chi connectivity index (χ0n) is 14.5. The first-order chi connectivity index (χ1) is 12.1. The summed E-state index contributed by atoms with van der Waals surface area (Å²) in [5.74, 6) is 0. The monoisotopic (exact) mass is 339 g/mol. The number of carbonyl (C=O) groups excluding carboxylic acids is 1. The summed E-state index contributed by atoms with van der Waals surface area (Å²) in [6.07, 6.45) is 2.36. The van der Waals surface area contributed by atoms with Crippen LogP contribution >= 0.6 is 0 Å². The van der Waals surface area contributed by atoms with Crippen molar-refractivity contribution in [3.63, 3.8) is 0 Å². The first-order valence-corrected chi connectivity index (χ1v) is 8.73. The van der Waals surface area contributed by atoms with Crippen molar-refractivity contribution < 1.29 is 9.90 Å². The van der Waals surface area contributed by atoms with E-state index in [2.05, 4.69) is 15.5 Å². The Morgan fingerprint density at radius 3 is 2.44 bits per heavy atom. The lowest BCUT2D eigenvalue weighted by molar-refractivity contribution is 0.0599. The van der Waals surface area contributed by atoms with Crippen molar-refractivity contribution in [3.05, 3.63) is 60.2 Å². The highest BCUT2D eigenvalue weighted by Gasteiger charge is 2.24. The van der Waals surface area contributed by atoms with Crippen LogP contribution in [0, 0.1) is 0 Å². The molecular formula is C20H25N3O2. The van der Waals surface area contributed by atoms with Gasteiger partial charge in [-0.05, 0) is 37.5 Å². The molecule has 3 rings (SSSR count).